The van der Waals surface area contributed by atoms with E-state index in [4.69, 9.17) is 0 Å². The van der Waals surface area contributed by atoms with Crippen molar-refractivity contribution in [2.75, 3.05) is 0 Å². The molecule has 3 rings (SSSR count). The maximum absolute atomic E-state index is 14.6. The van der Waals surface area contributed by atoms with Crippen molar-refractivity contribution in [1.82, 2.24) is 0 Å². The maximum Gasteiger partial charge on any atom is 0.131 e. The van der Waals surface area contributed by atoms with Crippen LogP contribution in [0.5, 0.6) is 0 Å². The zero-order valence-electron chi connectivity index (χ0n) is 17.8. The van der Waals surface area contributed by atoms with Gasteiger partial charge >= 0.3 is 0 Å². The number of hydrogen-bond acceptors (Lipinski definition) is 2. The summed E-state index contributed by atoms with van der Waals surface area (Å²) in [6.45, 7) is 4.26. The van der Waals surface area contributed by atoms with Gasteiger partial charge in [0, 0.05) is 5.56 Å². The largest absolute Gasteiger partial charge is 0.206 e. The molecule has 3 aromatic carbocycles. The standard InChI is InChI=1S/C27H29FN2/c1-3-4-5-6-7-22-12-15-25(16-13-22)26-17-14-24(18-27(26)28)20-30-29-19-23-10-8-21(2)9-11-23/h8-20H,3-7H2,1-2H3. The molecule has 0 fully saturated rings. The lowest BCUT2D eigenvalue weighted by molar-refractivity contribution is 0.631. The van der Waals surface area contributed by atoms with Crippen molar-refractivity contribution in [2.45, 2.75) is 46.0 Å². The summed E-state index contributed by atoms with van der Waals surface area (Å²) < 4.78 is 14.6. The highest BCUT2D eigenvalue weighted by atomic mass is 19.1. The van der Waals surface area contributed by atoms with Crippen LogP contribution in [0.25, 0.3) is 11.1 Å². The zero-order valence-corrected chi connectivity index (χ0v) is 17.8. The minimum absolute atomic E-state index is 0.253. The molecule has 3 aromatic rings. The third-order valence-corrected chi connectivity index (χ3v) is 5.13. The summed E-state index contributed by atoms with van der Waals surface area (Å²) >= 11 is 0. The molecule has 154 valence electrons. The lowest BCUT2D eigenvalue weighted by Gasteiger charge is -2.06. The molecule has 0 aromatic heterocycles. The van der Waals surface area contributed by atoms with Crippen LogP contribution >= 0.6 is 0 Å². The van der Waals surface area contributed by atoms with Gasteiger partial charge in [-0.05, 0) is 48.1 Å². The molecular formula is C27H29FN2. The van der Waals surface area contributed by atoms with Gasteiger partial charge in [0.2, 0.25) is 0 Å². The summed E-state index contributed by atoms with van der Waals surface area (Å²) in [6.07, 6.45) is 9.35. The number of benzene rings is 3. The van der Waals surface area contributed by atoms with E-state index in [-0.39, 0.29) is 5.82 Å². The van der Waals surface area contributed by atoms with Crippen LogP contribution in [0.15, 0.2) is 76.9 Å². The van der Waals surface area contributed by atoms with Crippen LogP contribution in [0.1, 0.15) is 54.9 Å². The second kappa shape index (κ2) is 11.2. The number of rotatable bonds is 9. The molecule has 0 amide bonds. The minimum Gasteiger partial charge on any atom is -0.206 e. The van der Waals surface area contributed by atoms with Gasteiger partial charge in [0.15, 0.2) is 0 Å². The van der Waals surface area contributed by atoms with Crippen molar-refractivity contribution in [1.29, 1.82) is 0 Å². The van der Waals surface area contributed by atoms with Crippen molar-refractivity contribution < 1.29 is 4.39 Å². The fourth-order valence-electron chi connectivity index (χ4n) is 3.31. The molecule has 0 saturated heterocycles. The normalized spacial score (nSPS) is 11.6. The molecule has 0 aliphatic rings. The van der Waals surface area contributed by atoms with Crippen LogP contribution in [0.4, 0.5) is 4.39 Å². The van der Waals surface area contributed by atoms with Crippen molar-refractivity contribution in [3.63, 3.8) is 0 Å². The molecule has 0 N–H and O–H groups in total. The first kappa shape index (κ1) is 21.6. The highest BCUT2D eigenvalue weighted by Crippen LogP contribution is 2.24. The molecule has 30 heavy (non-hydrogen) atoms. The summed E-state index contributed by atoms with van der Waals surface area (Å²) in [5, 5.41) is 8.08. The second-order valence-electron chi connectivity index (χ2n) is 7.65. The van der Waals surface area contributed by atoms with Crippen molar-refractivity contribution >= 4 is 12.4 Å². The second-order valence-corrected chi connectivity index (χ2v) is 7.65. The first-order valence-electron chi connectivity index (χ1n) is 10.7. The van der Waals surface area contributed by atoms with Crippen LogP contribution in [0, 0.1) is 12.7 Å². The highest BCUT2D eigenvalue weighted by Gasteiger charge is 2.06. The Labute approximate surface area is 179 Å². The molecule has 2 nitrogen and oxygen atoms in total. The predicted molar refractivity (Wildman–Crippen MR) is 126 cm³/mol. The summed E-state index contributed by atoms with van der Waals surface area (Å²) in [4.78, 5) is 0. The van der Waals surface area contributed by atoms with Crippen LogP contribution < -0.4 is 0 Å². The van der Waals surface area contributed by atoms with Gasteiger partial charge in [-0.25, -0.2) is 4.39 Å². The molecule has 0 atom stereocenters. The quantitative estimate of drug-likeness (QED) is 0.203. The Morgan fingerprint density at radius 1 is 0.767 bits per heavy atom. The van der Waals surface area contributed by atoms with E-state index in [0.29, 0.717) is 11.1 Å². The molecule has 0 radical (unpaired) electrons. The molecule has 0 aliphatic heterocycles. The van der Waals surface area contributed by atoms with Crippen LogP contribution in [0.2, 0.25) is 0 Å². The third kappa shape index (κ3) is 6.48. The van der Waals surface area contributed by atoms with E-state index in [1.807, 2.05) is 49.4 Å². The lowest BCUT2D eigenvalue weighted by atomic mass is 10.00. The Morgan fingerprint density at radius 2 is 1.43 bits per heavy atom. The van der Waals surface area contributed by atoms with Crippen molar-refractivity contribution in [3.8, 4) is 11.1 Å². The van der Waals surface area contributed by atoms with Gasteiger partial charge in [-0.3, -0.25) is 0 Å². The molecule has 0 bridgehead atoms. The van der Waals surface area contributed by atoms with Gasteiger partial charge in [-0.2, -0.15) is 10.2 Å². The van der Waals surface area contributed by atoms with Crippen LogP contribution in [0.3, 0.4) is 0 Å². The van der Waals surface area contributed by atoms with E-state index < -0.39 is 0 Å². The average Bonchev–Trinajstić information content (AvgIpc) is 2.76. The van der Waals surface area contributed by atoms with Gasteiger partial charge in [0.1, 0.15) is 5.82 Å². The summed E-state index contributed by atoms with van der Waals surface area (Å²) in [6, 6.07) is 21.4. The molecule has 0 saturated carbocycles. The van der Waals surface area contributed by atoms with E-state index in [1.165, 1.54) is 42.9 Å². The maximum atomic E-state index is 14.6. The Kier molecular flexibility index (Phi) is 8.08. The van der Waals surface area contributed by atoms with Crippen LogP contribution in [-0.2, 0) is 6.42 Å². The topological polar surface area (TPSA) is 24.7 Å². The van der Waals surface area contributed by atoms with Gasteiger partial charge in [0.05, 0.1) is 12.4 Å². The van der Waals surface area contributed by atoms with Crippen LogP contribution in [-0.4, -0.2) is 12.4 Å². The summed E-state index contributed by atoms with van der Waals surface area (Å²) in [7, 11) is 0. The zero-order chi connectivity index (χ0) is 21.2. The monoisotopic (exact) mass is 400 g/mol. The summed E-state index contributed by atoms with van der Waals surface area (Å²) in [5.41, 5.74) is 5.68. The van der Waals surface area contributed by atoms with E-state index >= 15 is 0 Å². The Balaban J connectivity index is 1.61. The number of unbranched alkanes of at least 4 members (excludes halogenated alkanes) is 3. The highest BCUT2D eigenvalue weighted by molar-refractivity contribution is 5.83. The number of hydrogen-bond donors (Lipinski definition) is 0. The molecule has 0 spiro atoms. The van der Waals surface area contributed by atoms with Gasteiger partial charge in [-0.1, -0.05) is 92.4 Å². The van der Waals surface area contributed by atoms with Gasteiger partial charge in [0.25, 0.3) is 0 Å². The number of aryl methyl sites for hydroxylation is 2. The molecular weight excluding hydrogens is 371 g/mol. The van der Waals surface area contributed by atoms with E-state index in [2.05, 4.69) is 29.3 Å². The predicted octanol–water partition coefficient (Wildman–Crippen LogP) is 7.38. The van der Waals surface area contributed by atoms with Crippen molar-refractivity contribution in [3.05, 3.63) is 94.8 Å². The Bertz CT molecular complexity index is 986. The van der Waals surface area contributed by atoms with Crippen molar-refractivity contribution in [2.24, 2.45) is 10.2 Å². The smallest absolute Gasteiger partial charge is 0.131 e. The van der Waals surface area contributed by atoms with E-state index in [0.717, 1.165) is 17.5 Å². The fourth-order valence-corrected chi connectivity index (χ4v) is 3.31. The SMILES string of the molecule is CCCCCCc1ccc(-c2ccc(C=NN=Cc3ccc(C)cc3)cc2F)cc1. The van der Waals surface area contributed by atoms with Gasteiger partial charge < -0.3 is 0 Å². The molecule has 0 unspecified atom stereocenters. The lowest BCUT2D eigenvalue weighted by Crippen LogP contribution is -1.90. The average molecular weight is 401 g/mol. The number of nitrogens with zero attached hydrogens (tertiary/aromatic N) is 2. The fraction of sp³-hybridized carbons (Fsp3) is 0.259. The first-order valence-corrected chi connectivity index (χ1v) is 10.7. The van der Waals surface area contributed by atoms with E-state index in [9.17, 15) is 4.39 Å². The Hall–Kier alpha value is -3.07. The Morgan fingerprint density at radius 3 is 2.10 bits per heavy atom. The minimum atomic E-state index is -0.253. The first-order chi connectivity index (χ1) is 14.7. The van der Waals surface area contributed by atoms with E-state index in [1.54, 1.807) is 18.5 Å². The molecule has 0 heterocycles. The number of halogens is 1. The van der Waals surface area contributed by atoms with Gasteiger partial charge in [-0.15, -0.1) is 0 Å². The molecule has 0 aliphatic carbocycles. The summed E-state index contributed by atoms with van der Waals surface area (Å²) in [5.74, 6) is -0.253. The molecule has 3 heteroatoms. The third-order valence-electron chi connectivity index (χ3n) is 5.13.